The highest BCUT2D eigenvalue weighted by atomic mass is 32.1. The molecule has 0 aliphatic carbocycles. The summed E-state index contributed by atoms with van der Waals surface area (Å²) >= 11 is 1.48. The number of halogens is 1. The maximum atomic E-state index is 16.1. The minimum Gasteiger partial charge on any atom is -0.337 e. The Morgan fingerprint density at radius 1 is 1.03 bits per heavy atom. The first-order valence-electron chi connectivity index (χ1n) is 11.7. The zero-order chi connectivity index (χ0) is 25.5. The highest BCUT2D eigenvalue weighted by Crippen LogP contribution is 2.32. The number of fused-ring (bicyclic) bond motifs is 9. The second kappa shape index (κ2) is 7.53. The Balaban J connectivity index is 1.80. The van der Waals surface area contributed by atoms with Crippen LogP contribution in [0, 0.1) is 11.2 Å². The van der Waals surface area contributed by atoms with Crippen LogP contribution in [-0.4, -0.2) is 40.6 Å². The molecule has 8 nitrogen and oxygen atoms in total. The van der Waals surface area contributed by atoms with E-state index in [-0.39, 0.29) is 16.8 Å². The quantitative estimate of drug-likeness (QED) is 0.238. The number of benzene rings is 1. The number of rotatable bonds is 0. The van der Waals surface area contributed by atoms with Gasteiger partial charge in [-0.1, -0.05) is 32.9 Å². The molecule has 0 aliphatic heterocycles. The molecule has 7 rings (SSSR count). The molecule has 0 unspecified atom stereocenters. The Kier molecular flexibility index (Phi) is 4.44. The molecule has 37 heavy (non-hydrogen) atoms. The van der Waals surface area contributed by atoms with E-state index in [1.165, 1.54) is 11.3 Å². The summed E-state index contributed by atoms with van der Waals surface area (Å²) in [5.41, 5.74) is 2.80. The summed E-state index contributed by atoms with van der Waals surface area (Å²) < 4.78 is 18.7. The number of aromatic amines is 2. The second-order valence-corrected chi connectivity index (χ2v) is 11.1. The first kappa shape index (κ1) is 21.8. The molecule has 0 fully saturated rings. The van der Waals surface area contributed by atoms with E-state index in [9.17, 15) is 4.79 Å². The molecule has 0 amide bonds. The molecule has 1 aromatic carbocycles. The summed E-state index contributed by atoms with van der Waals surface area (Å²) in [5.74, 6) is -0.646. The van der Waals surface area contributed by atoms with Gasteiger partial charge in [0, 0.05) is 27.1 Å². The van der Waals surface area contributed by atoms with Crippen LogP contribution < -0.4 is 0 Å². The van der Waals surface area contributed by atoms with E-state index in [1.54, 1.807) is 29.2 Å². The van der Waals surface area contributed by atoms with Crippen molar-refractivity contribution in [2.45, 2.75) is 20.8 Å². The first-order valence-corrected chi connectivity index (χ1v) is 12.5. The molecule has 0 radical (unpaired) electrons. The van der Waals surface area contributed by atoms with Crippen molar-refractivity contribution in [3.8, 4) is 0 Å². The van der Waals surface area contributed by atoms with Gasteiger partial charge in [-0.05, 0) is 24.3 Å². The van der Waals surface area contributed by atoms with Gasteiger partial charge in [0.05, 0.1) is 39.8 Å². The van der Waals surface area contributed by atoms with Gasteiger partial charge in [-0.15, -0.1) is 11.3 Å². The highest BCUT2D eigenvalue weighted by Gasteiger charge is 2.25. The van der Waals surface area contributed by atoms with E-state index < -0.39 is 11.2 Å². The molecular weight excluding hydrogens is 489 g/mol. The monoisotopic (exact) mass is 509 g/mol. The number of aromatic nitrogens is 7. The molecule has 6 aromatic heterocycles. The minimum atomic E-state index is -0.672. The first-order chi connectivity index (χ1) is 17.8. The molecule has 182 valence electrons. The minimum absolute atomic E-state index is 0.106. The second-order valence-electron chi connectivity index (χ2n) is 10.0. The van der Waals surface area contributed by atoms with Crippen molar-refractivity contribution >= 4 is 81.7 Å². The number of hydrogen-bond acceptors (Lipinski definition) is 6. The van der Waals surface area contributed by atoms with E-state index in [1.807, 2.05) is 51.1 Å². The lowest BCUT2D eigenvalue weighted by molar-refractivity contribution is 0.0778. The van der Waals surface area contributed by atoms with Crippen LogP contribution >= 0.6 is 11.3 Å². The van der Waals surface area contributed by atoms with Gasteiger partial charge in [-0.3, -0.25) is 24.4 Å². The van der Waals surface area contributed by atoms with Crippen molar-refractivity contribution in [2.75, 3.05) is 0 Å². The van der Waals surface area contributed by atoms with E-state index in [2.05, 4.69) is 25.1 Å². The van der Waals surface area contributed by atoms with Crippen LogP contribution in [0.3, 0.4) is 0 Å². The van der Waals surface area contributed by atoms with E-state index in [4.69, 9.17) is 4.98 Å². The van der Waals surface area contributed by atoms with Crippen LogP contribution in [0.4, 0.5) is 4.39 Å². The third-order valence-electron chi connectivity index (χ3n) is 6.46. The molecule has 0 saturated carbocycles. The number of thiophene rings is 1. The SMILES string of the molecule is CC(C)(C)C(=O)n1c2cncc(c2)c2ncc3[nH]nc(c4nc5c(cccc5c5ccc1s5)[nH]4)c3c2F. The van der Waals surface area contributed by atoms with Gasteiger partial charge in [0.2, 0.25) is 5.91 Å². The molecule has 6 heterocycles. The lowest BCUT2D eigenvalue weighted by atomic mass is 9.95. The summed E-state index contributed by atoms with van der Waals surface area (Å²) in [7, 11) is 0. The maximum absolute atomic E-state index is 16.1. The summed E-state index contributed by atoms with van der Waals surface area (Å²) in [6.45, 7) is 5.62. The van der Waals surface area contributed by atoms with Crippen molar-refractivity contribution in [1.29, 1.82) is 0 Å². The zero-order valence-corrected chi connectivity index (χ0v) is 20.9. The molecular formula is C27H20FN7OS. The highest BCUT2D eigenvalue weighted by molar-refractivity contribution is 7.24. The molecule has 0 aliphatic rings. The number of carbonyl (C=O) groups is 1. The Hall–Kier alpha value is -4.44. The predicted molar refractivity (Wildman–Crippen MR) is 145 cm³/mol. The average molecular weight is 510 g/mol. The van der Waals surface area contributed by atoms with Gasteiger partial charge in [0.25, 0.3) is 0 Å². The third kappa shape index (κ3) is 3.22. The number of hydrogen-bond donors (Lipinski definition) is 2. The lowest BCUT2D eigenvalue weighted by Gasteiger charge is -2.19. The predicted octanol–water partition coefficient (Wildman–Crippen LogP) is 6.65. The zero-order valence-electron chi connectivity index (χ0n) is 20.1. The number of H-pyrrole nitrogens is 2. The lowest BCUT2D eigenvalue weighted by Crippen LogP contribution is -2.26. The van der Waals surface area contributed by atoms with Gasteiger partial charge in [0.1, 0.15) is 15.9 Å². The summed E-state index contributed by atoms with van der Waals surface area (Å²) in [5, 5.41) is 8.89. The van der Waals surface area contributed by atoms with Gasteiger partial charge in [0.15, 0.2) is 11.5 Å². The normalized spacial score (nSPS) is 12.4. The number of nitrogens with one attached hydrogen (secondary N) is 2. The van der Waals surface area contributed by atoms with Crippen molar-refractivity contribution in [3.05, 3.63) is 60.8 Å². The number of imidazole rings is 1. The van der Waals surface area contributed by atoms with Gasteiger partial charge in [-0.2, -0.15) is 5.10 Å². The Labute approximate surface area is 212 Å². The Morgan fingerprint density at radius 2 is 1.89 bits per heavy atom. The largest absolute Gasteiger partial charge is 0.337 e. The molecule has 2 N–H and O–H groups in total. The van der Waals surface area contributed by atoms with Crippen LogP contribution in [0.2, 0.25) is 0 Å². The third-order valence-corrected chi connectivity index (χ3v) is 7.56. The fourth-order valence-corrected chi connectivity index (χ4v) is 5.69. The molecule has 10 heteroatoms. The standard InChI is InChI=1S/C27H20FN7OS/c1-27(2,3)26(36)35-14-9-13(10-29-11-14)22-21(28)20-17(12-30-22)33-34-24(20)25-31-16-6-4-5-15(23(16)32-25)18-7-8-19(35)37-18/h4-12H,1-3H3,(H,31,32)(H,33,34). The van der Waals surface area contributed by atoms with Gasteiger partial charge in [-0.25, -0.2) is 9.37 Å². The molecule has 8 bridgehead atoms. The van der Waals surface area contributed by atoms with Crippen molar-refractivity contribution in [3.63, 3.8) is 0 Å². The molecule has 0 atom stereocenters. The summed E-state index contributed by atoms with van der Waals surface area (Å²) in [6.07, 6.45) is 4.71. The van der Waals surface area contributed by atoms with Crippen molar-refractivity contribution < 1.29 is 9.18 Å². The molecule has 0 saturated heterocycles. The number of carbonyl (C=O) groups excluding carboxylic acids is 1. The molecule has 0 spiro atoms. The Morgan fingerprint density at radius 3 is 2.73 bits per heavy atom. The van der Waals surface area contributed by atoms with Gasteiger partial charge >= 0.3 is 0 Å². The summed E-state index contributed by atoms with van der Waals surface area (Å²) in [4.78, 5) is 31.3. The van der Waals surface area contributed by atoms with Crippen LogP contribution in [-0.2, 0) is 0 Å². The van der Waals surface area contributed by atoms with E-state index >= 15 is 4.39 Å². The molecule has 7 aromatic rings. The number of nitrogens with zero attached hydrogens (tertiary/aromatic N) is 5. The van der Waals surface area contributed by atoms with Gasteiger partial charge < -0.3 is 4.98 Å². The van der Waals surface area contributed by atoms with Crippen molar-refractivity contribution in [2.24, 2.45) is 5.41 Å². The number of pyridine rings is 2. The maximum Gasteiger partial charge on any atom is 0.237 e. The van der Waals surface area contributed by atoms with Crippen LogP contribution in [0.15, 0.2) is 55.0 Å². The fourth-order valence-electron chi connectivity index (χ4n) is 4.64. The summed E-state index contributed by atoms with van der Waals surface area (Å²) in [6, 6.07) is 11.5. The van der Waals surface area contributed by atoms with Crippen LogP contribution in [0.1, 0.15) is 25.6 Å². The van der Waals surface area contributed by atoms with Crippen molar-refractivity contribution in [1.82, 2.24) is 34.7 Å². The van der Waals surface area contributed by atoms with E-state index in [0.717, 1.165) is 25.9 Å². The Bertz CT molecular complexity index is 2130. The average Bonchev–Trinajstić information content (AvgIpc) is 3.61. The topological polar surface area (TPSA) is 105 Å². The smallest absolute Gasteiger partial charge is 0.237 e. The van der Waals surface area contributed by atoms with Crippen LogP contribution in [0.25, 0.3) is 64.4 Å². The number of para-hydroxylation sites is 1. The van der Waals surface area contributed by atoms with Crippen LogP contribution in [0.5, 0.6) is 0 Å². The van der Waals surface area contributed by atoms with E-state index in [0.29, 0.717) is 27.6 Å². The fraction of sp³-hybridized carbons (Fsp3) is 0.148.